The number of rotatable bonds is 5. The third-order valence-corrected chi connectivity index (χ3v) is 4.67. The van der Waals surface area contributed by atoms with Gasteiger partial charge in [0.15, 0.2) is 0 Å². The lowest BCUT2D eigenvalue weighted by Crippen LogP contribution is -2.29. The van der Waals surface area contributed by atoms with Crippen LogP contribution in [0.25, 0.3) is 0 Å². The van der Waals surface area contributed by atoms with Gasteiger partial charge in [-0.25, -0.2) is 4.98 Å². The molecule has 0 fully saturated rings. The van der Waals surface area contributed by atoms with Gasteiger partial charge in [0.1, 0.15) is 17.4 Å². The number of thiophene rings is 1. The molecule has 5 N–H and O–H groups in total. The van der Waals surface area contributed by atoms with E-state index in [1.807, 2.05) is 23.6 Å². The molecule has 7 heteroatoms. The van der Waals surface area contributed by atoms with Gasteiger partial charge >= 0.3 is 0 Å². The third-order valence-electron chi connectivity index (χ3n) is 3.73. The number of phenolic OH excluding ortho intramolecular Hbond substituents is 1. The number of amides is 1. The van der Waals surface area contributed by atoms with E-state index in [0.29, 0.717) is 11.4 Å². The summed E-state index contributed by atoms with van der Waals surface area (Å²) in [6.07, 6.45) is 0. The Labute approximate surface area is 149 Å². The summed E-state index contributed by atoms with van der Waals surface area (Å²) in [7, 11) is 1.73. The lowest BCUT2D eigenvalue weighted by atomic mass is 10.0. The second-order valence-corrected chi connectivity index (χ2v) is 6.38. The average molecular weight is 354 g/mol. The number of hydrogen-bond acceptors (Lipinski definition) is 6. The number of nitrogens with zero attached hydrogens (tertiary/aromatic N) is 1. The van der Waals surface area contributed by atoms with Crippen LogP contribution in [0.2, 0.25) is 0 Å². The molecule has 3 rings (SSSR count). The lowest BCUT2D eigenvalue weighted by molar-refractivity contribution is 0.0944. The summed E-state index contributed by atoms with van der Waals surface area (Å²) in [5, 5.41) is 17.6. The highest BCUT2D eigenvalue weighted by Gasteiger charge is 2.21. The van der Waals surface area contributed by atoms with Crippen molar-refractivity contribution in [1.29, 1.82) is 0 Å². The van der Waals surface area contributed by atoms with E-state index in [9.17, 15) is 9.90 Å². The first-order valence-corrected chi connectivity index (χ1v) is 8.54. The van der Waals surface area contributed by atoms with Crippen molar-refractivity contribution in [2.45, 2.75) is 6.04 Å². The maximum absolute atomic E-state index is 12.7. The highest BCUT2D eigenvalue weighted by molar-refractivity contribution is 7.10. The van der Waals surface area contributed by atoms with Crippen molar-refractivity contribution in [3.05, 3.63) is 69.9 Å². The van der Waals surface area contributed by atoms with Crippen molar-refractivity contribution in [3.8, 4) is 5.75 Å². The molecular formula is C18H18N4O2S. The fourth-order valence-electron chi connectivity index (χ4n) is 2.49. The monoisotopic (exact) mass is 354 g/mol. The minimum absolute atomic E-state index is 0.146. The number of carbonyl (C=O) groups is 1. The molecule has 1 atom stereocenters. The van der Waals surface area contributed by atoms with Gasteiger partial charge in [0.2, 0.25) is 0 Å². The fourth-order valence-corrected chi connectivity index (χ4v) is 3.30. The van der Waals surface area contributed by atoms with Gasteiger partial charge in [-0.15, -0.1) is 11.3 Å². The van der Waals surface area contributed by atoms with Crippen molar-refractivity contribution in [2.24, 2.45) is 0 Å². The summed E-state index contributed by atoms with van der Waals surface area (Å²) in [6.45, 7) is 0. The maximum atomic E-state index is 12.7. The van der Waals surface area contributed by atoms with Crippen molar-refractivity contribution >= 4 is 28.9 Å². The standard InChI is InChI=1S/C18H18N4O2S/c1-20-15-8-7-13(17(19)21-15)18(24)22-16(14-6-3-9-25-14)11-4-2-5-12(23)10-11/h2-10,16,23H,1H3,(H,22,24)(H3,19,20,21). The molecule has 2 aromatic heterocycles. The number of hydrogen-bond donors (Lipinski definition) is 4. The Morgan fingerprint density at radius 2 is 2.08 bits per heavy atom. The average Bonchev–Trinajstić information content (AvgIpc) is 3.13. The smallest absolute Gasteiger partial charge is 0.255 e. The molecule has 6 nitrogen and oxygen atoms in total. The van der Waals surface area contributed by atoms with E-state index in [-0.39, 0.29) is 23.5 Å². The number of carbonyl (C=O) groups excluding carboxylic acids is 1. The van der Waals surface area contributed by atoms with Crippen molar-refractivity contribution in [2.75, 3.05) is 18.1 Å². The molecule has 3 aromatic rings. The zero-order chi connectivity index (χ0) is 17.8. The van der Waals surface area contributed by atoms with Gasteiger partial charge in [-0.1, -0.05) is 18.2 Å². The van der Waals surface area contributed by atoms with E-state index in [0.717, 1.165) is 10.4 Å². The predicted molar refractivity (Wildman–Crippen MR) is 99.9 cm³/mol. The fraction of sp³-hybridized carbons (Fsp3) is 0.111. The quantitative estimate of drug-likeness (QED) is 0.564. The number of aromatic nitrogens is 1. The van der Waals surface area contributed by atoms with Crippen LogP contribution in [0, 0.1) is 0 Å². The second kappa shape index (κ2) is 7.23. The molecule has 0 saturated heterocycles. The summed E-state index contributed by atoms with van der Waals surface area (Å²) in [5.41, 5.74) is 7.00. The molecule has 0 aliphatic heterocycles. The summed E-state index contributed by atoms with van der Waals surface area (Å²) in [6, 6.07) is 13.6. The Morgan fingerprint density at radius 3 is 2.72 bits per heavy atom. The number of nitrogens with one attached hydrogen (secondary N) is 2. The van der Waals surface area contributed by atoms with Gasteiger partial charge in [0.05, 0.1) is 11.6 Å². The number of phenols is 1. The number of anilines is 2. The minimum atomic E-state index is -0.386. The van der Waals surface area contributed by atoms with Crippen LogP contribution in [0.4, 0.5) is 11.6 Å². The van der Waals surface area contributed by atoms with E-state index in [1.54, 1.807) is 37.4 Å². The third kappa shape index (κ3) is 3.72. The predicted octanol–water partition coefficient (Wildman–Crippen LogP) is 2.99. The topological polar surface area (TPSA) is 100 Å². The number of nitrogens with two attached hydrogens (primary N) is 1. The van der Waals surface area contributed by atoms with Gasteiger partial charge in [-0.2, -0.15) is 0 Å². The van der Waals surface area contributed by atoms with Gasteiger partial charge in [0, 0.05) is 11.9 Å². The second-order valence-electron chi connectivity index (χ2n) is 5.40. The number of nitrogen functional groups attached to an aromatic ring is 1. The molecule has 0 bridgehead atoms. The van der Waals surface area contributed by atoms with Gasteiger partial charge in [-0.05, 0) is 41.3 Å². The first kappa shape index (κ1) is 16.8. The van der Waals surface area contributed by atoms with Crippen LogP contribution < -0.4 is 16.4 Å². The maximum Gasteiger partial charge on any atom is 0.255 e. The molecule has 1 aromatic carbocycles. The molecule has 0 radical (unpaired) electrons. The Kier molecular flexibility index (Phi) is 4.85. The summed E-state index contributed by atoms with van der Waals surface area (Å²) >= 11 is 1.53. The molecule has 1 amide bonds. The molecule has 25 heavy (non-hydrogen) atoms. The number of aromatic hydroxyl groups is 1. The molecule has 0 aliphatic carbocycles. The molecule has 0 aliphatic rings. The van der Waals surface area contributed by atoms with E-state index in [1.165, 1.54) is 11.3 Å². The van der Waals surface area contributed by atoms with Crippen LogP contribution in [0.1, 0.15) is 26.8 Å². The Hall–Kier alpha value is -3.06. The Morgan fingerprint density at radius 1 is 1.24 bits per heavy atom. The van der Waals surface area contributed by atoms with E-state index >= 15 is 0 Å². The van der Waals surface area contributed by atoms with Gasteiger partial charge < -0.3 is 21.5 Å². The van der Waals surface area contributed by atoms with Crippen LogP contribution in [0.5, 0.6) is 5.75 Å². The lowest BCUT2D eigenvalue weighted by Gasteiger charge is -2.19. The number of pyridine rings is 1. The largest absolute Gasteiger partial charge is 0.508 e. The van der Waals surface area contributed by atoms with Crippen LogP contribution in [-0.2, 0) is 0 Å². The van der Waals surface area contributed by atoms with Gasteiger partial charge in [0.25, 0.3) is 5.91 Å². The Bertz CT molecular complexity index is 881. The normalized spacial score (nSPS) is 11.7. The summed E-state index contributed by atoms with van der Waals surface area (Å²) < 4.78 is 0. The molecule has 0 saturated carbocycles. The Balaban J connectivity index is 1.92. The van der Waals surface area contributed by atoms with Crippen LogP contribution in [-0.4, -0.2) is 23.0 Å². The van der Waals surface area contributed by atoms with Crippen molar-refractivity contribution in [3.63, 3.8) is 0 Å². The highest BCUT2D eigenvalue weighted by atomic mass is 32.1. The highest BCUT2D eigenvalue weighted by Crippen LogP contribution is 2.28. The van der Waals surface area contributed by atoms with E-state index in [4.69, 9.17) is 5.73 Å². The van der Waals surface area contributed by atoms with Crippen LogP contribution in [0.15, 0.2) is 53.9 Å². The first-order chi connectivity index (χ1) is 12.1. The van der Waals surface area contributed by atoms with E-state index in [2.05, 4.69) is 15.6 Å². The van der Waals surface area contributed by atoms with E-state index < -0.39 is 0 Å². The van der Waals surface area contributed by atoms with Crippen LogP contribution >= 0.6 is 11.3 Å². The summed E-state index contributed by atoms with van der Waals surface area (Å²) in [5.74, 6) is 0.573. The zero-order valence-electron chi connectivity index (χ0n) is 13.6. The molecule has 2 heterocycles. The molecular weight excluding hydrogens is 336 g/mol. The van der Waals surface area contributed by atoms with Crippen molar-refractivity contribution in [1.82, 2.24) is 10.3 Å². The first-order valence-electron chi connectivity index (χ1n) is 7.66. The molecule has 1 unspecified atom stereocenters. The molecule has 128 valence electrons. The SMILES string of the molecule is CNc1ccc(C(=O)NC(c2cccc(O)c2)c2cccs2)c(N)n1. The van der Waals surface area contributed by atoms with Gasteiger partial charge in [-0.3, -0.25) is 4.79 Å². The summed E-state index contributed by atoms with van der Waals surface area (Å²) in [4.78, 5) is 17.8. The zero-order valence-corrected chi connectivity index (χ0v) is 14.4. The molecule has 0 spiro atoms. The van der Waals surface area contributed by atoms with Crippen molar-refractivity contribution < 1.29 is 9.90 Å². The minimum Gasteiger partial charge on any atom is -0.508 e. The number of benzene rings is 1. The van der Waals surface area contributed by atoms with Crippen LogP contribution in [0.3, 0.4) is 0 Å².